The van der Waals surface area contributed by atoms with Crippen LogP contribution in [0.3, 0.4) is 0 Å². The minimum absolute atomic E-state index is 0.536. The zero-order chi connectivity index (χ0) is 19.5. The van der Waals surface area contributed by atoms with E-state index >= 15 is 0 Å². The predicted molar refractivity (Wildman–Crippen MR) is 108 cm³/mol. The summed E-state index contributed by atoms with van der Waals surface area (Å²) in [7, 11) is 1.74. The summed E-state index contributed by atoms with van der Waals surface area (Å²) in [6, 6.07) is 7.37. The van der Waals surface area contributed by atoms with Crippen LogP contribution in [0.2, 0.25) is 5.02 Å². The molecule has 0 saturated heterocycles. The second kappa shape index (κ2) is 11.6. The lowest BCUT2D eigenvalue weighted by Crippen LogP contribution is -2.39. The second-order valence-electron chi connectivity index (χ2n) is 6.49. The van der Waals surface area contributed by atoms with E-state index in [9.17, 15) is 0 Å². The molecule has 0 saturated carbocycles. The van der Waals surface area contributed by atoms with E-state index in [4.69, 9.17) is 20.9 Å². The molecular formula is C19H28ClN5O2. The molecule has 27 heavy (non-hydrogen) atoms. The lowest BCUT2D eigenvalue weighted by atomic mass is 10.1. The van der Waals surface area contributed by atoms with Crippen molar-refractivity contribution in [2.75, 3.05) is 33.4 Å². The maximum absolute atomic E-state index is 5.99. The van der Waals surface area contributed by atoms with E-state index in [0.29, 0.717) is 48.8 Å². The molecule has 0 bridgehead atoms. The van der Waals surface area contributed by atoms with Gasteiger partial charge in [-0.15, -0.1) is 0 Å². The number of guanidine groups is 1. The zero-order valence-electron chi connectivity index (χ0n) is 16.2. The Morgan fingerprint density at radius 2 is 2.07 bits per heavy atom. The van der Waals surface area contributed by atoms with Crippen LogP contribution in [-0.2, 0) is 11.2 Å². The molecular weight excluding hydrogens is 366 g/mol. The predicted octanol–water partition coefficient (Wildman–Crippen LogP) is 3.16. The van der Waals surface area contributed by atoms with Crippen molar-refractivity contribution >= 4 is 17.6 Å². The fourth-order valence-corrected chi connectivity index (χ4v) is 2.46. The standard InChI is InChI=1S/C19H28ClN5O2/c1-14(2)8-11-26-12-10-23-19(21-3)22-9-7-17-24-18(25-27-17)15-5-4-6-16(20)13-15/h4-6,13-14H,7-12H2,1-3H3,(H2,21,22,23). The Morgan fingerprint density at radius 1 is 1.26 bits per heavy atom. The Bertz CT molecular complexity index is 718. The van der Waals surface area contributed by atoms with Gasteiger partial charge in [-0.2, -0.15) is 4.98 Å². The lowest BCUT2D eigenvalue weighted by Gasteiger charge is -2.11. The molecule has 8 heteroatoms. The number of nitrogens with zero attached hydrogens (tertiary/aromatic N) is 3. The highest BCUT2D eigenvalue weighted by atomic mass is 35.5. The Hall–Kier alpha value is -2.12. The van der Waals surface area contributed by atoms with Gasteiger partial charge in [0, 0.05) is 43.8 Å². The van der Waals surface area contributed by atoms with Crippen LogP contribution in [0.25, 0.3) is 11.4 Å². The van der Waals surface area contributed by atoms with Crippen LogP contribution < -0.4 is 10.6 Å². The van der Waals surface area contributed by atoms with E-state index in [1.807, 2.05) is 24.3 Å². The van der Waals surface area contributed by atoms with E-state index in [0.717, 1.165) is 24.6 Å². The van der Waals surface area contributed by atoms with Crippen molar-refractivity contribution in [3.8, 4) is 11.4 Å². The number of aliphatic imine (C=N–C) groups is 1. The lowest BCUT2D eigenvalue weighted by molar-refractivity contribution is 0.128. The minimum atomic E-state index is 0.536. The zero-order valence-corrected chi connectivity index (χ0v) is 16.9. The molecule has 0 atom stereocenters. The third kappa shape index (κ3) is 7.97. The highest BCUT2D eigenvalue weighted by molar-refractivity contribution is 6.30. The SMILES string of the molecule is CN=C(NCCOCCC(C)C)NCCc1nc(-c2cccc(Cl)c2)no1. The first-order chi connectivity index (χ1) is 13.1. The van der Waals surface area contributed by atoms with Gasteiger partial charge in [0.1, 0.15) is 0 Å². The Balaban J connectivity index is 1.67. The largest absolute Gasteiger partial charge is 0.380 e. The molecule has 0 radical (unpaired) electrons. The summed E-state index contributed by atoms with van der Waals surface area (Å²) in [4.78, 5) is 8.58. The van der Waals surface area contributed by atoms with Gasteiger partial charge in [0.05, 0.1) is 6.61 Å². The Kier molecular flexibility index (Phi) is 9.07. The van der Waals surface area contributed by atoms with Crippen molar-refractivity contribution in [3.05, 3.63) is 35.2 Å². The summed E-state index contributed by atoms with van der Waals surface area (Å²) in [5.41, 5.74) is 0.834. The molecule has 2 aromatic rings. The van der Waals surface area contributed by atoms with Crippen molar-refractivity contribution in [2.45, 2.75) is 26.7 Å². The van der Waals surface area contributed by atoms with Crippen molar-refractivity contribution in [3.63, 3.8) is 0 Å². The van der Waals surface area contributed by atoms with Gasteiger partial charge in [-0.05, 0) is 24.5 Å². The number of ether oxygens (including phenoxy) is 1. The summed E-state index contributed by atoms with van der Waals surface area (Å²) >= 11 is 5.99. The molecule has 0 aliphatic carbocycles. The van der Waals surface area contributed by atoms with Crippen molar-refractivity contribution < 1.29 is 9.26 Å². The highest BCUT2D eigenvalue weighted by Gasteiger charge is 2.09. The first-order valence-electron chi connectivity index (χ1n) is 9.19. The van der Waals surface area contributed by atoms with Crippen LogP contribution in [0.5, 0.6) is 0 Å². The molecule has 148 valence electrons. The number of hydrogen-bond donors (Lipinski definition) is 2. The monoisotopic (exact) mass is 393 g/mol. The molecule has 1 aromatic carbocycles. The molecule has 2 N–H and O–H groups in total. The summed E-state index contributed by atoms with van der Waals surface area (Å²) in [6.45, 7) is 7.16. The molecule has 0 aliphatic heterocycles. The molecule has 0 unspecified atom stereocenters. The van der Waals surface area contributed by atoms with Crippen LogP contribution in [0.4, 0.5) is 0 Å². The van der Waals surface area contributed by atoms with Gasteiger partial charge in [0.15, 0.2) is 5.96 Å². The van der Waals surface area contributed by atoms with Gasteiger partial charge in [-0.25, -0.2) is 0 Å². The van der Waals surface area contributed by atoms with E-state index < -0.39 is 0 Å². The number of nitrogens with one attached hydrogen (secondary N) is 2. The maximum atomic E-state index is 5.99. The van der Waals surface area contributed by atoms with Gasteiger partial charge in [-0.3, -0.25) is 4.99 Å². The van der Waals surface area contributed by atoms with Crippen LogP contribution in [0.15, 0.2) is 33.8 Å². The molecule has 0 spiro atoms. The molecule has 0 fully saturated rings. The summed E-state index contributed by atoms with van der Waals surface area (Å²) in [5.74, 6) is 2.48. The van der Waals surface area contributed by atoms with Crippen molar-refractivity contribution in [1.82, 2.24) is 20.8 Å². The first-order valence-corrected chi connectivity index (χ1v) is 9.57. The number of halogens is 1. The Labute approximate surface area is 165 Å². The molecule has 2 rings (SSSR count). The summed E-state index contributed by atoms with van der Waals surface area (Å²) in [6.07, 6.45) is 1.67. The normalized spacial score (nSPS) is 11.8. The molecule has 7 nitrogen and oxygen atoms in total. The quantitative estimate of drug-likeness (QED) is 0.366. The third-order valence-electron chi connectivity index (χ3n) is 3.78. The van der Waals surface area contributed by atoms with E-state index in [1.54, 1.807) is 7.05 Å². The van der Waals surface area contributed by atoms with Crippen molar-refractivity contribution in [1.29, 1.82) is 0 Å². The fraction of sp³-hybridized carbons (Fsp3) is 0.526. The number of benzene rings is 1. The summed E-state index contributed by atoms with van der Waals surface area (Å²) in [5, 5.41) is 11.1. The average Bonchev–Trinajstić information content (AvgIpc) is 3.11. The third-order valence-corrected chi connectivity index (χ3v) is 4.02. The molecule has 1 heterocycles. The molecule has 0 aliphatic rings. The van der Waals surface area contributed by atoms with Gasteiger partial charge in [-0.1, -0.05) is 42.7 Å². The van der Waals surface area contributed by atoms with E-state index in [2.05, 4.69) is 39.6 Å². The van der Waals surface area contributed by atoms with Gasteiger partial charge < -0.3 is 19.9 Å². The Morgan fingerprint density at radius 3 is 2.81 bits per heavy atom. The fourth-order valence-electron chi connectivity index (χ4n) is 2.27. The van der Waals surface area contributed by atoms with E-state index in [1.165, 1.54) is 0 Å². The van der Waals surface area contributed by atoms with Gasteiger partial charge >= 0.3 is 0 Å². The van der Waals surface area contributed by atoms with Crippen LogP contribution in [0.1, 0.15) is 26.2 Å². The average molecular weight is 394 g/mol. The number of rotatable bonds is 10. The maximum Gasteiger partial charge on any atom is 0.228 e. The summed E-state index contributed by atoms with van der Waals surface area (Å²) < 4.78 is 10.9. The minimum Gasteiger partial charge on any atom is -0.380 e. The number of aromatic nitrogens is 2. The topological polar surface area (TPSA) is 84.6 Å². The van der Waals surface area contributed by atoms with Gasteiger partial charge in [0.25, 0.3) is 0 Å². The van der Waals surface area contributed by atoms with Crippen LogP contribution >= 0.6 is 11.6 Å². The molecule has 1 aromatic heterocycles. The van der Waals surface area contributed by atoms with Crippen molar-refractivity contribution in [2.24, 2.45) is 10.9 Å². The van der Waals surface area contributed by atoms with Crippen LogP contribution in [0, 0.1) is 5.92 Å². The highest BCUT2D eigenvalue weighted by Crippen LogP contribution is 2.19. The second-order valence-corrected chi connectivity index (χ2v) is 6.93. The van der Waals surface area contributed by atoms with E-state index in [-0.39, 0.29) is 0 Å². The van der Waals surface area contributed by atoms with Gasteiger partial charge in [0.2, 0.25) is 11.7 Å². The van der Waals surface area contributed by atoms with Crippen LogP contribution in [-0.4, -0.2) is 49.5 Å². The smallest absolute Gasteiger partial charge is 0.228 e. The molecule has 0 amide bonds. The number of hydrogen-bond acceptors (Lipinski definition) is 5. The first kappa shape index (κ1) is 21.2.